The van der Waals surface area contributed by atoms with E-state index in [1.807, 2.05) is 4.90 Å². The van der Waals surface area contributed by atoms with Gasteiger partial charge in [0.2, 0.25) is 17.6 Å². The van der Waals surface area contributed by atoms with Crippen LogP contribution in [0.3, 0.4) is 0 Å². The number of aromatic nitrogens is 2. The summed E-state index contributed by atoms with van der Waals surface area (Å²) in [6.07, 6.45) is 5.41. The van der Waals surface area contributed by atoms with Crippen molar-refractivity contribution in [3.8, 4) is 11.4 Å². The minimum Gasteiger partial charge on any atom is -0.343 e. The number of piperidine rings is 2. The van der Waals surface area contributed by atoms with Gasteiger partial charge < -0.3 is 14.7 Å². The number of likely N-dealkylation sites (tertiary alicyclic amines) is 1. The Balaban J connectivity index is 1.29. The number of amides is 1. The fraction of sp³-hybridized carbons (Fsp3) is 0.571. The molecule has 6 nitrogen and oxygen atoms in total. The van der Waals surface area contributed by atoms with Crippen molar-refractivity contribution in [2.45, 2.75) is 45.4 Å². The molecule has 0 atom stereocenters. The molecule has 2 aliphatic rings. The van der Waals surface area contributed by atoms with E-state index in [2.05, 4.69) is 15.5 Å². The van der Waals surface area contributed by atoms with Crippen molar-refractivity contribution in [3.63, 3.8) is 0 Å². The highest BCUT2D eigenvalue weighted by Gasteiger charge is 2.36. The van der Waals surface area contributed by atoms with Crippen LogP contribution < -0.4 is 5.32 Å². The van der Waals surface area contributed by atoms with E-state index in [9.17, 15) is 9.18 Å². The zero-order chi connectivity index (χ0) is 19.6. The number of aryl methyl sites for hydroxylation is 2. The molecule has 0 bridgehead atoms. The maximum absolute atomic E-state index is 13.7. The lowest BCUT2D eigenvalue weighted by molar-refractivity contribution is -0.133. The van der Waals surface area contributed by atoms with Gasteiger partial charge in [-0.2, -0.15) is 4.98 Å². The van der Waals surface area contributed by atoms with Crippen LogP contribution in [-0.2, 0) is 11.2 Å². The topological polar surface area (TPSA) is 71.3 Å². The van der Waals surface area contributed by atoms with Gasteiger partial charge >= 0.3 is 0 Å². The first-order valence-electron chi connectivity index (χ1n) is 10.1. The quantitative estimate of drug-likeness (QED) is 0.874. The number of hydrogen-bond donors (Lipinski definition) is 1. The minimum atomic E-state index is -0.296. The summed E-state index contributed by atoms with van der Waals surface area (Å²) in [4.78, 5) is 18.9. The number of nitrogens with zero attached hydrogens (tertiary/aromatic N) is 3. The summed E-state index contributed by atoms with van der Waals surface area (Å²) in [5.74, 6) is 0.615. The summed E-state index contributed by atoms with van der Waals surface area (Å²) >= 11 is 0. The molecule has 2 aromatic rings. The summed E-state index contributed by atoms with van der Waals surface area (Å²) in [6.45, 7) is 5.59. The first kappa shape index (κ1) is 19.1. The maximum Gasteiger partial charge on any atom is 0.227 e. The smallest absolute Gasteiger partial charge is 0.227 e. The molecule has 0 unspecified atom stereocenters. The molecule has 1 spiro atoms. The number of halogens is 1. The molecule has 2 aliphatic heterocycles. The van der Waals surface area contributed by atoms with E-state index in [0.717, 1.165) is 39.0 Å². The molecular weight excluding hydrogens is 359 g/mol. The summed E-state index contributed by atoms with van der Waals surface area (Å²) in [7, 11) is 0. The maximum atomic E-state index is 13.7. The van der Waals surface area contributed by atoms with Gasteiger partial charge in [-0.1, -0.05) is 17.3 Å². The summed E-state index contributed by atoms with van der Waals surface area (Å²) < 4.78 is 19.0. The van der Waals surface area contributed by atoms with Gasteiger partial charge in [0, 0.05) is 31.5 Å². The molecule has 2 saturated heterocycles. The van der Waals surface area contributed by atoms with Crippen LogP contribution >= 0.6 is 0 Å². The van der Waals surface area contributed by atoms with Crippen molar-refractivity contribution >= 4 is 5.91 Å². The molecule has 150 valence electrons. The Hall–Kier alpha value is -2.28. The lowest BCUT2D eigenvalue weighted by Gasteiger charge is -2.44. The summed E-state index contributed by atoms with van der Waals surface area (Å²) in [5.41, 5.74) is 1.59. The van der Waals surface area contributed by atoms with Gasteiger partial charge in [-0.3, -0.25) is 4.79 Å². The molecule has 7 heteroatoms. The Morgan fingerprint density at radius 1 is 1.25 bits per heavy atom. The first-order chi connectivity index (χ1) is 13.5. The molecule has 2 fully saturated rings. The number of carbonyl (C=O) groups excluding carboxylic acids is 1. The third-order valence-electron chi connectivity index (χ3n) is 6.29. The zero-order valence-electron chi connectivity index (χ0n) is 16.3. The normalized spacial score (nSPS) is 19.1. The van der Waals surface area contributed by atoms with Crippen molar-refractivity contribution in [1.29, 1.82) is 0 Å². The third kappa shape index (κ3) is 4.09. The zero-order valence-corrected chi connectivity index (χ0v) is 16.3. The van der Waals surface area contributed by atoms with Crippen LogP contribution in [0.25, 0.3) is 11.4 Å². The Labute approximate surface area is 164 Å². The standard InChI is InChI=1S/C21H27FN4O2/c1-15-2-3-16(14-17(15)22)20-24-18(28-25-20)4-5-19(27)26-12-8-21(9-13-26)6-10-23-11-7-21/h2-3,14,23H,4-13H2,1H3. The van der Waals surface area contributed by atoms with Gasteiger partial charge in [-0.15, -0.1) is 0 Å². The highest BCUT2D eigenvalue weighted by molar-refractivity contribution is 5.76. The van der Waals surface area contributed by atoms with E-state index in [1.165, 1.54) is 18.9 Å². The van der Waals surface area contributed by atoms with Gasteiger partial charge in [0.1, 0.15) is 5.82 Å². The molecule has 0 radical (unpaired) electrons. The summed E-state index contributed by atoms with van der Waals surface area (Å²) in [5, 5.41) is 7.34. The fourth-order valence-corrected chi connectivity index (χ4v) is 4.27. The van der Waals surface area contributed by atoms with Gasteiger partial charge in [-0.25, -0.2) is 4.39 Å². The highest BCUT2D eigenvalue weighted by Crippen LogP contribution is 2.39. The third-order valence-corrected chi connectivity index (χ3v) is 6.29. The molecule has 1 aromatic heterocycles. The SMILES string of the molecule is Cc1ccc(-c2noc(CCC(=O)N3CCC4(CCNCC4)CC3)n2)cc1F. The predicted molar refractivity (Wildman–Crippen MR) is 103 cm³/mol. The first-order valence-corrected chi connectivity index (χ1v) is 10.1. The molecule has 0 saturated carbocycles. The number of hydrogen-bond acceptors (Lipinski definition) is 5. The van der Waals surface area contributed by atoms with Gasteiger partial charge in [0.15, 0.2) is 0 Å². The number of nitrogens with one attached hydrogen (secondary N) is 1. The average Bonchev–Trinajstić information content (AvgIpc) is 3.18. The lowest BCUT2D eigenvalue weighted by Crippen LogP contribution is -2.47. The second-order valence-electron chi connectivity index (χ2n) is 8.11. The Kier molecular flexibility index (Phi) is 5.44. The van der Waals surface area contributed by atoms with E-state index in [4.69, 9.17) is 4.52 Å². The average molecular weight is 386 g/mol. The highest BCUT2D eigenvalue weighted by atomic mass is 19.1. The Morgan fingerprint density at radius 2 is 2.00 bits per heavy atom. The van der Waals surface area contributed by atoms with Crippen LogP contribution in [0.1, 0.15) is 43.6 Å². The van der Waals surface area contributed by atoms with Crippen LogP contribution in [0.4, 0.5) is 4.39 Å². The number of carbonyl (C=O) groups is 1. The molecule has 1 N–H and O–H groups in total. The molecule has 3 heterocycles. The van der Waals surface area contributed by atoms with E-state index in [-0.39, 0.29) is 11.7 Å². The number of benzene rings is 1. The van der Waals surface area contributed by atoms with Gasteiger partial charge in [0.25, 0.3) is 0 Å². The van der Waals surface area contributed by atoms with Crippen LogP contribution in [-0.4, -0.2) is 47.1 Å². The van der Waals surface area contributed by atoms with E-state index < -0.39 is 0 Å². The molecule has 4 rings (SSSR count). The van der Waals surface area contributed by atoms with Crippen LogP contribution in [0, 0.1) is 18.2 Å². The van der Waals surface area contributed by atoms with E-state index in [0.29, 0.717) is 41.1 Å². The Morgan fingerprint density at radius 3 is 2.71 bits per heavy atom. The van der Waals surface area contributed by atoms with Crippen LogP contribution in [0.2, 0.25) is 0 Å². The second kappa shape index (κ2) is 7.99. The van der Waals surface area contributed by atoms with Crippen molar-refractivity contribution in [2.75, 3.05) is 26.2 Å². The second-order valence-corrected chi connectivity index (χ2v) is 8.11. The van der Waals surface area contributed by atoms with Gasteiger partial charge in [0.05, 0.1) is 0 Å². The van der Waals surface area contributed by atoms with Crippen molar-refractivity contribution < 1.29 is 13.7 Å². The van der Waals surface area contributed by atoms with Crippen molar-refractivity contribution in [3.05, 3.63) is 35.5 Å². The van der Waals surface area contributed by atoms with Crippen molar-refractivity contribution in [1.82, 2.24) is 20.4 Å². The monoisotopic (exact) mass is 386 g/mol. The molecule has 0 aliphatic carbocycles. The minimum absolute atomic E-state index is 0.143. The van der Waals surface area contributed by atoms with Crippen molar-refractivity contribution in [2.24, 2.45) is 5.41 Å². The van der Waals surface area contributed by atoms with E-state index in [1.54, 1.807) is 19.1 Å². The fourth-order valence-electron chi connectivity index (χ4n) is 4.27. The van der Waals surface area contributed by atoms with Gasteiger partial charge in [-0.05, 0) is 62.7 Å². The molecular formula is C21H27FN4O2. The Bertz CT molecular complexity index is 835. The van der Waals surface area contributed by atoms with Crippen LogP contribution in [0.15, 0.2) is 22.7 Å². The van der Waals surface area contributed by atoms with E-state index >= 15 is 0 Å². The largest absolute Gasteiger partial charge is 0.343 e. The van der Waals surface area contributed by atoms with Crippen LogP contribution in [0.5, 0.6) is 0 Å². The predicted octanol–water partition coefficient (Wildman–Crippen LogP) is 3.11. The number of rotatable bonds is 4. The molecule has 1 amide bonds. The summed E-state index contributed by atoms with van der Waals surface area (Å²) in [6, 6.07) is 4.86. The lowest BCUT2D eigenvalue weighted by atomic mass is 9.71. The molecule has 1 aromatic carbocycles. The molecule has 28 heavy (non-hydrogen) atoms.